The summed E-state index contributed by atoms with van der Waals surface area (Å²) in [5.41, 5.74) is 0. The van der Waals surface area contributed by atoms with Gasteiger partial charge in [-0.25, -0.2) is 4.79 Å². The number of aliphatic hydroxyl groups is 1. The predicted molar refractivity (Wildman–Crippen MR) is 259 cm³/mol. The van der Waals surface area contributed by atoms with Crippen molar-refractivity contribution in [2.24, 2.45) is 0 Å². The zero-order valence-corrected chi connectivity index (χ0v) is 38.6. The summed E-state index contributed by atoms with van der Waals surface area (Å²) < 4.78 is 5.98. The summed E-state index contributed by atoms with van der Waals surface area (Å²) in [7, 11) is 0. The Balaban J connectivity index is 4.43. The van der Waals surface area contributed by atoms with Gasteiger partial charge in [-0.3, -0.25) is 14.4 Å². The van der Waals surface area contributed by atoms with Crippen molar-refractivity contribution >= 4 is 23.8 Å². The van der Waals surface area contributed by atoms with Gasteiger partial charge in [0, 0.05) is 12.8 Å². The van der Waals surface area contributed by atoms with Crippen LogP contribution in [-0.2, 0) is 23.9 Å². The minimum absolute atomic E-state index is 0.0958. The van der Waals surface area contributed by atoms with Gasteiger partial charge in [-0.1, -0.05) is 155 Å². The molecule has 2 unspecified atom stereocenters. The molecule has 0 heterocycles. The number of nitrogens with one attached hydrogen (secondary N) is 2. The van der Waals surface area contributed by atoms with Crippen LogP contribution in [-0.4, -0.2) is 59.3 Å². The summed E-state index contributed by atoms with van der Waals surface area (Å²) in [5, 5.41) is 22.6. The quantitative estimate of drug-likeness (QED) is 0.0272. The Bertz CT molecular complexity index is 1400. The number of carboxylic acid groups (broad SMARTS) is 1. The van der Waals surface area contributed by atoms with Crippen molar-refractivity contribution in [1.29, 1.82) is 0 Å². The lowest BCUT2D eigenvalue weighted by Crippen LogP contribution is -2.47. The van der Waals surface area contributed by atoms with Crippen LogP contribution >= 0.6 is 0 Å². The lowest BCUT2D eigenvalue weighted by molar-refractivity contribution is -0.150. The van der Waals surface area contributed by atoms with E-state index in [2.05, 4.69) is 134 Å². The molecular weight excluding hydrogens is 777 g/mol. The predicted octanol–water partition coefficient (Wildman–Crippen LogP) is 12.4. The maximum Gasteiger partial charge on any atom is 0.328 e. The monoisotopic (exact) mass is 861 g/mol. The van der Waals surface area contributed by atoms with E-state index in [0.29, 0.717) is 12.8 Å². The molecule has 0 saturated carbocycles. The molecule has 9 heteroatoms. The third kappa shape index (κ3) is 42.2. The molecule has 0 aliphatic carbocycles. The van der Waals surface area contributed by atoms with Gasteiger partial charge in [0.1, 0.15) is 12.1 Å². The highest BCUT2D eigenvalue weighted by atomic mass is 16.5. The average Bonchev–Trinajstić information content (AvgIpc) is 3.26. The van der Waals surface area contributed by atoms with E-state index in [0.717, 1.165) is 122 Å². The van der Waals surface area contributed by atoms with Crippen molar-refractivity contribution in [3.63, 3.8) is 0 Å². The Kier molecular flexibility index (Phi) is 42.7. The Morgan fingerprint density at radius 1 is 0.500 bits per heavy atom. The third-order valence-electron chi connectivity index (χ3n) is 9.75. The lowest BCUT2D eigenvalue weighted by atomic mass is 10.0. The molecule has 348 valence electrons. The molecule has 4 N–H and O–H groups in total. The largest absolute Gasteiger partial charge is 0.480 e. The van der Waals surface area contributed by atoms with E-state index in [1.165, 1.54) is 19.3 Å². The number of aliphatic hydroxyl groups excluding tert-OH is 1. The molecule has 0 rings (SSSR count). The Hall–Kier alpha value is -4.50. The fraction of sp³-hybridized carbons (Fsp3) is 0.585. The van der Waals surface area contributed by atoms with Crippen LogP contribution in [0.2, 0.25) is 0 Å². The number of carbonyl (C=O) groups excluding carboxylic acids is 3. The molecular formula is C53H84N2O7. The van der Waals surface area contributed by atoms with Crippen LogP contribution in [0.4, 0.5) is 0 Å². The van der Waals surface area contributed by atoms with Gasteiger partial charge in [0.05, 0.1) is 13.2 Å². The molecule has 0 aliphatic heterocycles. The van der Waals surface area contributed by atoms with Gasteiger partial charge in [-0.15, -0.1) is 0 Å². The van der Waals surface area contributed by atoms with E-state index in [9.17, 15) is 19.2 Å². The van der Waals surface area contributed by atoms with Crippen molar-refractivity contribution in [3.8, 4) is 0 Å². The molecule has 0 aromatic heterocycles. The summed E-state index contributed by atoms with van der Waals surface area (Å²) in [6.07, 6.45) is 62.6. The van der Waals surface area contributed by atoms with Crippen LogP contribution in [0.1, 0.15) is 174 Å². The third-order valence-corrected chi connectivity index (χ3v) is 9.75. The number of unbranched alkanes of at least 4 members (excludes halogenated alkanes) is 9. The zero-order valence-electron chi connectivity index (χ0n) is 38.6. The number of rotatable bonds is 41. The number of carboxylic acids is 1. The van der Waals surface area contributed by atoms with Gasteiger partial charge in [-0.2, -0.15) is 0 Å². The molecule has 0 aromatic carbocycles. The van der Waals surface area contributed by atoms with Gasteiger partial charge in [0.25, 0.3) is 0 Å². The maximum atomic E-state index is 12.8. The Morgan fingerprint density at radius 2 is 0.952 bits per heavy atom. The van der Waals surface area contributed by atoms with Crippen LogP contribution < -0.4 is 10.6 Å². The van der Waals surface area contributed by atoms with Gasteiger partial charge >= 0.3 is 11.9 Å². The second-order valence-electron chi connectivity index (χ2n) is 15.5. The number of esters is 1. The van der Waals surface area contributed by atoms with E-state index in [1.54, 1.807) is 0 Å². The van der Waals surface area contributed by atoms with Gasteiger partial charge in [0.2, 0.25) is 11.8 Å². The number of amides is 2. The molecule has 2 amide bonds. The smallest absolute Gasteiger partial charge is 0.328 e. The van der Waals surface area contributed by atoms with E-state index in [1.807, 2.05) is 0 Å². The van der Waals surface area contributed by atoms with Crippen LogP contribution in [0.25, 0.3) is 0 Å². The van der Waals surface area contributed by atoms with Crippen molar-refractivity contribution in [2.75, 3.05) is 13.2 Å². The first-order valence-corrected chi connectivity index (χ1v) is 23.8. The normalized spacial score (nSPS) is 13.5. The number of aliphatic carboxylic acids is 1. The topological polar surface area (TPSA) is 142 Å². The molecule has 0 spiro atoms. The van der Waals surface area contributed by atoms with Crippen LogP contribution in [0, 0.1) is 0 Å². The Labute approximate surface area is 376 Å². The van der Waals surface area contributed by atoms with Crippen molar-refractivity contribution in [3.05, 3.63) is 109 Å². The van der Waals surface area contributed by atoms with Crippen molar-refractivity contribution in [2.45, 2.75) is 187 Å². The summed E-state index contributed by atoms with van der Waals surface area (Å²) in [5.74, 6) is -2.41. The van der Waals surface area contributed by atoms with E-state index >= 15 is 0 Å². The number of hydrogen-bond acceptors (Lipinski definition) is 6. The van der Waals surface area contributed by atoms with E-state index < -0.39 is 24.5 Å². The van der Waals surface area contributed by atoms with Gasteiger partial charge in [0.15, 0.2) is 0 Å². The molecule has 0 bridgehead atoms. The number of allylic oxidation sites excluding steroid dienone is 18. The highest BCUT2D eigenvalue weighted by molar-refractivity contribution is 5.87. The van der Waals surface area contributed by atoms with Crippen LogP contribution in [0.5, 0.6) is 0 Å². The highest BCUT2D eigenvalue weighted by Crippen LogP contribution is 2.17. The molecule has 0 fully saturated rings. The standard InChI is InChI=1S/C53H84N2O7/c1-3-5-7-9-11-13-15-16-17-18-19-20-21-22-23-24-25-26-28-30-32-37-41-45-52(59)62-48(42-38-34-31-29-27-14-12-10-8-6-4-2)43-39-35-33-36-40-44-50(57)54-46-51(58)55-49(47-56)53(60)61/h5,7,11-14,16-17,19-20,22-23,25-26,29-32,48-49,56H,3-4,6,8-10,15,18,21,24,27-28,33-47H2,1-2H3,(H,54,57)(H,55,58)(H,60,61)/b7-5-,13-11-,14-12-,17-16-,20-19-,23-22-,26-25-,31-29-,32-30-. The first-order chi connectivity index (χ1) is 30.3. The fourth-order valence-corrected chi connectivity index (χ4v) is 6.15. The molecule has 2 atom stereocenters. The molecule has 0 aromatic rings. The van der Waals surface area contributed by atoms with Crippen molar-refractivity contribution < 1.29 is 34.1 Å². The number of carbonyl (C=O) groups is 4. The molecule has 0 radical (unpaired) electrons. The van der Waals surface area contributed by atoms with Crippen molar-refractivity contribution in [1.82, 2.24) is 10.6 Å². The zero-order chi connectivity index (χ0) is 45.4. The van der Waals surface area contributed by atoms with E-state index in [-0.39, 0.29) is 30.9 Å². The summed E-state index contributed by atoms with van der Waals surface area (Å²) in [6, 6.07) is -1.39. The second kappa shape index (κ2) is 46.0. The summed E-state index contributed by atoms with van der Waals surface area (Å²) >= 11 is 0. The maximum absolute atomic E-state index is 12.8. The highest BCUT2D eigenvalue weighted by Gasteiger charge is 2.19. The molecule has 9 nitrogen and oxygen atoms in total. The average molecular weight is 861 g/mol. The second-order valence-corrected chi connectivity index (χ2v) is 15.5. The molecule has 62 heavy (non-hydrogen) atoms. The minimum atomic E-state index is -1.39. The van der Waals surface area contributed by atoms with E-state index in [4.69, 9.17) is 14.9 Å². The van der Waals surface area contributed by atoms with Crippen LogP contribution in [0.3, 0.4) is 0 Å². The SMILES string of the molecule is CC/C=C\C/C=C\C/C=C\C/C=C\C/C=C\C/C=C\C/C=C\CCCC(=O)OC(CCC/C=C\C/C=C\CCCCC)CCCCCCCC(=O)NCC(=O)NC(CO)C(=O)O. The number of hydrogen-bond donors (Lipinski definition) is 4. The number of ether oxygens (including phenoxy) is 1. The fourth-order valence-electron chi connectivity index (χ4n) is 6.15. The van der Waals surface area contributed by atoms with Crippen LogP contribution in [0.15, 0.2) is 109 Å². The lowest BCUT2D eigenvalue weighted by Gasteiger charge is -2.18. The first kappa shape index (κ1) is 57.5. The first-order valence-electron chi connectivity index (χ1n) is 23.8. The summed E-state index contributed by atoms with van der Waals surface area (Å²) in [4.78, 5) is 47.7. The Morgan fingerprint density at radius 3 is 1.45 bits per heavy atom. The molecule has 0 aliphatic rings. The van der Waals surface area contributed by atoms with Gasteiger partial charge < -0.3 is 25.6 Å². The van der Waals surface area contributed by atoms with Gasteiger partial charge in [-0.05, 0) is 116 Å². The molecule has 0 saturated heterocycles. The summed E-state index contributed by atoms with van der Waals surface area (Å²) in [6.45, 7) is 3.31. The minimum Gasteiger partial charge on any atom is -0.480 e.